The van der Waals surface area contributed by atoms with Gasteiger partial charge in [-0.2, -0.15) is 0 Å². The molecule has 0 aromatic heterocycles. The second kappa shape index (κ2) is 36.0. The van der Waals surface area contributed by atoms with Crippen molar-refractivity contribution in [3.8, 4) is 5.75 Å². The highest BCUT2D eigenvalue weighted by atomic mass is 16.5. The molecule has 27 nitrogen and oxygen atoms in total. The summed E-state index contributed by atoms with van der Waals surface area (Å²) in [7, 11) is 0. The van der Waals surface area contributed by atoms with E-state index >= 15 is 0 Å². The van der Waals surface area contributed by atoms with Crippen LogP contribution in [0.5, 0.6) is 5.75 Å². The van der Waals surface area contributed by atoms with Crippen molar-refractivity contribution >= 4 is 41.4 Å². The highest BCUT2D eigenvalue weighted by Gasteiger charge is 2.49. The first-order valence-corrected chi connectivity index (χ1v) is 29.5. The summed E-state index contributed by atoms with van der Waals surface area (Å²) in [6, 6.07) is -6.53. The normalized spacial score (nSPS) is 27.4. The van der Waals surface area contributed by atoms with Crippen molar-refractivity contribution < 1.29 is 83.9 Å². The third-order valence-electron chi connectivity index (χ3n) is 15.6. The van der Waals surface area contributed by atoms with Crippen LogP contribution in [0.15, 0.2) is 24.3 Å². The first-order valence-electron chi connectivity index (χ1n) is 29.5. The lowest BCUT2D eigenvalue weighted by molar-refractivity contribution is -0.148. The highest BCUT2D eigenvalue weighted by Crippen LogP contribution is 2.27. The van der Waals surface area contributed by atoms with Crippen LogP contribution in [-0.4, -0.2) is 230 Å². The van der Waals surface area contributed by atoms with Gasteiger partial charge in [-0.25, -0.2) is 0 Å². The van der Waals surface area contributed by atoms with Crippen molar-refractivity contribution in [1.29, 1.82) is 0 Å². The first kappa shape index (κ1) is 70.3. The number of nitrogens with zero attached hydrogens (tertiary/aromatic N) is 2. The van der Waals surface area contributed by atoms with E-state index in [9.17, 15) is 74.4 Å². The van der Waals surface area contributed by atoms with Crippen molar-refractivity contribution in [2.45, 2.75) is 203 Å². The molecule has 3 aliphatic rings. The van der Waals surface area contributed by atoms with Crippen molar-refractivity contribution in [2.75, 3.05) is 59.2 Å². The molecule has 0 radical (unpaired) electrons. The number of hydrogen-bond acceptors (Lipinski definition) is 20. The minimum Gasteiger partial charge on any atom is -0.508 e. The smallest absolute Gasteiger partial charge is 0.248 e. The van der Waals surface area contributed by atoms with Gasteiger partial charge in [-0.3, -0.25) is 38.9 Å². The van der Waals surface area contributed by atoms with Crippen LogP contribution < -0.4 is 43.4 Å². The number of carbonyl (C=O) groups excluding carboxylic acids is 7. The number of aliphatic hydroxyl groups excluding tert-OH is 7. The molecular weight excluding hydrogens is 1080 g/mol. The number of phenols is 1. The molecule has 472 valence electrons. The van der Waals surface area contributed by atoms with Gasteiger partial charge >= 0.3 is 0 Å². The number of fused-ring (bicyclic) bond motifs is 2. The van der Waals surface area contributed by atoms with Crippen LogP contribution >= 0.6 is 0 Å². The molecule has 83 heavy (non-hydrogen) atoms. The number of ether oxygens (including phenoxy) is 2. The lowest BCUT2D eigenvalue weighted by Crippen LogP contribution is -2.65. The SMILES string of the molecule is CCC(C)CC(C)CCCCCCCCC(=O)N[C@H]1C[C@@H](O)C(NCCOCCOCCN)NC(=O)C2[C@@H](O)CCN2C(=O)C([C@H](O)CCN)NC(=O)C([C@H](O)[C@@H](O)c2ccc(O)cc2)NC(=O)C2C[C@@H](O)CN2C(=O)C([C@@H](C)O)NC1=O. The van der Waals surface area contributed by atoms with Crippen molar-refractivity contribution in [3.05, 3.63) is 29.8 Å². The van der Waals surface area contributed by atoms with Crippen LogP contribution in [0.3, 0.4) is 0 Å². The molecule has 4 rings (SSSR count). The number of aliphatic hydroxyl groups is 7. The fraction of sp³-hybridized carbons (Fsp3) is 0.768. The summed E-state index contributed by atoms with van der Waals surface area (Å²) >= 11 is 0. The summed E-state index contributed by atoms with van der Waals surface area (Å²) in [4.78, 5) is 103. The van der Waals surface area contributed by atoms with Crippen LogP contribution in [0, 0.1) is 11.8 Å². The zero-order chi connectivity index (χ0) is 61.3. The van der Waals surface area contributed by atoms with Crippen LogP contribution in [0.1, 0.15) is 129 Å². The van der Waals surface area contributed by atoms with Gasteiger partial charge in [0.1, 0.15) is 60.4 Å². The molecule has 8 unspecified atom stereocenters. The van der Waals surface area contributed by atoms with Gasteiger partial charge in [0.05, 0.1) is 56.9 Å². The average Bonchev–Trinajstić information content (AvgIpc) is 3.58. The Labute approximate surface area is 486 Å². The van der Waals surface area contributed by atoms with Gasteiger partial charge in [-0.1, -0.05) is 77.8 Å². The maximum absolute atomic E-state index is 14.7. The molecule has 18 N–H and O–H groups in total. The predicted molar refractivity (Wildman–Crippen MR) is 302 cm³/mol. The van der Waals surface area contributed by atoms with E-state index in [2.05, 4.69) is 52.7 Å². The summed E-state index contributed by atoms with van der Waals surface area (Å²) in [5, 5.41) is 105. The Morgan fingerprint density at radius 2 is 1.33 bits per heavy atom. The zero-order valence-electron chi connectivity index (χ0n) is 48.6. The quantitative estimate of drug-likeness (QED) is 0.0350. The van der Waals surface area contributed by atoms with Gasteiger partial charge in [0.2, 0.25) is 41.4 Å². The topological polar surface area (TPSA) is 430 Å². The van der Waals surface area contributed by atoms with Gasteiger partial charge in [-0.15, -0.1) is 0 Å². The van der Waals surface area contributed by atoms with Gasteiger partial charge < -0.3 is 98.2 Å². The number of unbranched alkanes of at least 4 members (excludes halogenated alkanes) is 5. The molecule has 7 amide bonds. The molecule has 0 saturated carbocycles. The molecule has 16 atom stereocenters. The number of phenolic OH excluding ortho intramolecular Hbond substituents is 1. The van der Waals surface area contributed by atoms with E-state index < -0.39 is 146 Å². The summed E-state index contributed by atoms with van der Waals surface area (Å²) in [5.41, 5.74) is 11.2. The maximum Gasteiger partial charge on any atom is 0.248 e. The number of nitrogens with two attached hydrogens (primary N) is 2. The molecule has 3 aliphatic heterocycles. The van der Waals surface area contributed by atoms with Crippen molar-refractivity contribution in [1.82, 2.24) is 41.7 Å². The third kappa shape index (κ3) is 22.0. The highest BCUT2D eigenvalue weighted by molar-refractivity contribution is 5.98. The Balaban J connectivity index is 1.75. The molecule has 27 heteroatoms. The van der Waals surface area contributed by atoms with Gasteiger partial charge in [0.15, 0.2) is 0 Å². The fourth-order valence-corrected chi connectivity index (χ4v) is 10.7. The molecule has 3 heterocycles. The van der Waals surface area contributed by atoms with E-state index in [-0.39, 0.29) is 83.2 Å². The molecular formula is C56H96N10O17. The first-order chi connectivity index (χ1) is 39.5. The Morgan fingerprint density at radius 1 is 0.699 bits per heavy atom. The van der Waals surface area contributed by atoms with Crippen LogP contribution in [0.25, 0.3) is 0 Å². The van der Waals surface area contributed by atoms with E-state index in [1.165, 1.54) is 30.7 Å². The van der Waals surface area contributed by atoms with Gasteiger partial charge in [-0.05, 0) is 68.7 Å². The molecule has 1 aromatic rings. The largest absolute Gasteiger partial charge is 0.508 e. The average molecular weight is 1180 g/mol. The summed E-state index contributed by atoms with van der Waals surface area (Å²) < 4.78 is 11.0. The summed E-state index contributed by atoms with van der Waals surface area (Å²) in [6.07, 6.45) is -7.29. The van der Waals surface area contributed by atoms with Crippen molar-refractivity contribution in [3.63, 3.8) is 0 Å². The Bertz CT molecular complexity index is 2180. The van der Waals surface area contributed by atoms with E-state index in [4.69, 9.17) is 20.9 Å². The Morgan fingerprint density at radius 3 is 1.98 bits per heavy atom. The molecule has 0 spiro atoms. The lowest BCUT2D eigenvalue weighted by atomic mass is 9.91. The van der Waals surface area contributed by atoms with Crippen LogP contribution in [-0.2, 0) is 43.0 Å². The van der Waals surface area contributed by atoms with Gasteiger partial charge in [0, 0.05) is 45.4 Å². The van der Waals surface area contributed by atoms with E-state index in [0.717, 1.165) is 55.2 Å². The monoisotopic (exact) mass is 1180 g/mol. The van der Waals surface area contributed by atoms with Crippen LogP contribution in [0.4, 0.5) is 0 Å². The second-order valence-corrected chi connectivity index (χ2v) is 22.5. The summed E-state index contributed by atoms with van der Waals surface area (Å²) in [5.74, 6) is -6.53. The van der Waals surface area contributed by atoms with E-state index in [0.29, 0.717) is 24.7 Å². The standard InChI is InChI=1S/C56H96N10O17/c1-5-32(2)28-33(3)12-10-8-6-7-9-11-13-43(73)60-38-30-42(72)50(59-22-25-83-27-26-82-24-21-58)64-54(79)47-41(71)19-23-65(47)56(81)45(40(70)18-20-57)62-53(78)46(49(75)48(74)35-14-16-36(68)17-15-35)63-52(77)39-29-37(69)31-66(39)55(80)44(34(4)67)61-51(38)76/h14-17,32-34,37-42,44-50,59,67-72,74-75H,5-13,18-31,57-58H2,1-4H3,(H,60,73)(H,61,76)(H,62,78)(H,63,77)(H,64,79)/t32?,33?,34-,37-,38+,39?,40-,41+,42-,44?,45?,46?,47?,48+,49+,50?/m1/s1. The minimum absolute atomic E-state index is 0.0243. The van der Waals surface area contributed by atoms with E-state index in [1.54, 1.807) is 0 Å². The summed E-state index contributed by atoms with van der Waals surface area (Å²) in [6.45, 7) is 7.58. The zero-order valence-corrected chi connectivity index (χ0v) is 48.6. The molecule has 0 aliphatic carbocycles. The van der Waals surface area contributed by atoms with E-state index in [1.807, 2.05) is 0 Å². The molecule has 0 bridgehead atoms. The molecule has 1 aromatic carbocycles. The lowest BCUT2D eigenvalue weighted by Gasteiger charge is -2.35. The minimum atomic E-state index is -2.29. The number of benzene rings is 1. The number of hydrogen-bond donors (Lipinski definition) is 16. The number of nitrogens with one attached hydrogen (secondary N) is 6. The number of carbonyl (C=O) groups is 7. The maximum atomic E-state index is 14.7. The number of amides is 7. The predicted octanol–water partition coefficient (Wildman–Crippen LogP) is -3.28. The van der Waals surface area contributed by atoms with Crippen LogP contribution in [0.2, 0.25) is 0 Å². The second-order valence-electron chi connectivity index (χ2n) is 22.5. The molecule has 3 fully saturated rings. The van der Waals surface area contributed by atoms with Gasteiger partial charge in [0.25, 0.3) is 0 Å². The number of rotatable bonds is 29. The third-order valence-corrected chi connectivity index (χ3v) is 15.6. The Kier molecular flexibility index (Phi) is 30.5. The molecule has 3 saturated heterocycles. The number of aromatic hydroxyl groups is 1. The van der Waals surface area contributed by atoms with Crippen molar-refractivity contribution in [2.24, 2.45) is 23.3 Å². The fourth-order valence-electron chi connectivity index (χ4n) is 10.7. The Hall–Kier alpha value is -5.17.